The fourth-order valence-corrected chi connectivity index (χ4v) is 2.33. The van der Waals surface area contributed by atoms with Crippen LogP contribution in [0.1, 0.15) is 5.82 Å². The van der Waals surface area contributed by atoms with E-state index in [0.29, 0.717) is 35.6 Å². The van der Waals surface area contributed by atoms with Crippen molar-refractivity contribution >= 4 is 10.9 Å². The van der Waals surface area contributed by atoms with Crippen molar-refractivity contribution in [2.75, 3.05) is 6.61 Å². The van der Waals surface area contributed by atoms with Gasteiger partial charge in [0, 0.05) is 0 Å². The molecule has 0 aliphatic carbocycles. The third-order valence-corrected chi connectivity index (χ3v) is 3.45. The average molecular weight is 298 g/mol. The highest BCUT2D eigenvalue weighted by Crippen LogP contribution is 2.11. The van der Waals surface area contributed by atoms with Gasteiger partial charge in [0.25, 0.3) is 5.56 Å². The summed E-state index contributed by atoms with van der Waals surface area (Å²) >= 11 is 0. The van der Waals surface area contributed by atoms with Gasteiger partial charge in [0.2, 0.25) is 0 Å². The molecule has 3 aromatic rings. The molecule has 0 unspecified atom stereocenters. The number of aromatic nitrogens is 2. The number of benzene rings is 2. The minimum atomic E-state index is -0.307. The van der Waals surface area contributed by atoms with Crippen molar-refractivity contribution in [2.45, 2.75) is 13.5 Å². The Morgan fingerprint density at radius 3 is 2.64 bits per heavy atom. The normalized spacial score (nSPS) is 10.8. The molecule has 3 rings (SSSR count). The first-order valence-corrected chi connectivity index (χ1v) is 7.00. The minimum absolute atomic E-state index is 0.0780. The maximum absolute atomic E-state index is 12.8. The van der Waals surface area contributed by atoms with E-state index in [-0.39, 0.29) is 11.4 Å². The van der Waals surface area contributed by atoms with Gasteiger partial charge in [0.1, 0.15) is 24.0 Å². The fraction of sp³-hybridized carbons (Fsp3) is 0.176. The smallest absolute Gasteiger partial charge is 0.261 e. The van der Waals surface area contributed by atoms with E-state index in [1.165, 1.54) is 12.1 Å². The van der Waals surface area contributed by atoms with Crippen LogP contribution in [-0.4, -0.2) is 16.2 Å². The van der Waals surface area contributed by atoms with Crippen molar-refractivity contribution in [1.82, 2.24) is 9.55 Å². The summed E-state index contributed by atoms with van der Waals surface area (Å²) < 4.78 is 19.9. The van der Waals surface area contributed by atoms with E-state index < -0.39 is 0 Å². The number of hydrogen-bond acceptors (Lipinski definition) is 3. The van der Waals surface area contributed by atoms with Crippen LogP contribution in [0.4, 0.5) is 4.39 Å². The highest BCUT2D eigenvalue weighted by molar-refractivity contribution is 5.77. The van der Waals surface area contributed by atoms with Crippen LogP contribution in [0.2, 0.25) is 0 Å². The molecular weight excluding hydrogens is 283 g/mol. The Hall–Kier alpha value is -2.69. The van der Waals surface area contributed by atoms with Crippen LogP contribution in [0.15, 0.2) is 53.3 Å². The molecule has 0 fully saturated rings. The SMILES string of the molecule is Cc1nc2ccccc2c(=O)n1CCOc1ccc(F)cc1. The molecule has 112 valence electrons. The molecule has 0 saturated heterocycles. The zero-order chi connectivity index (χ0) is 15.5. The van der Waals surface area contributed by atoms with E-state index in [0.717, 1.165) is 0 Å². The molecule has 5 heteroatoms. The summed E-state index contributed by atoms with van der Waals surface area (Å²) in [5, 5.41) is 0.592. The Balaban J connectivity index is 1.79. The molecular formula is C17H15FN2O2. The monoisotopic (exact) mass is 298 g/mol. The lowest BCUT2D eigenvalue weighted by atomic mass is 10.2. The molecule has 0 N–H and O–H groups in total. The van der Waals surface area contributed by atoms with Gasteiger partial charge >= 0.3 is 0 Å². The van der Waals surface area contributed by atoms with E-state index in [9.17, 15) is 9.18 Å². The van der Waals surface area contributed by atoms with Gasteiger partial charge in [0.05, 0.1) is 17.4 Å². The van der Waals surface area contributed by atoms with Crippen LogP contribution in [0.3, 0.4) is 0 Å². The number of fused-ring (bicyclic) bond motifs is 1. The zero-order valence-corrected chi connectivity index (χ0v) is 12.1. The van der Waals surface area contributed by atoms with Gasteiger partial charge < -0.3 is 4.74 Å². The molecule has 0 radical (unpaired) electrons. The van der Waals surface area contributed by atoms with Crippen LogP contribution in [0, 0.1) is 12.7 Å². The van der Waals surface area contributed by atoms with Crippen LogP contribution in [0.5, 0.6) is 5.75 Å². The maximum atomic E-state index is 12.8. The number of para-hydroxylation sites is 1. The third-order valence-electron chi connectivity index (χ3n) is 3.45. The number of hydrogen-bond donors (Lipinski definition) is 0. The van der Waals surface area contributed by atoms with Gasteiger partial charge in [-0.3, -0.25) is 9.36 Å². The standard InChI is InChI=1S/C17H15FN2O2/c1-12-19-16-5-3-2-4-15(16)17(21)20(12)10-11-22-14-8-6-13(18)7-9-14/h2-9H,10-11H2,1H3. The molecule has 2 aromatic carbocycles. The van der Waals surface area contributed by atoms with Gasteiger partial charge in [-0.15, -0.1) is 0 Å². The number of nitrogens with zero attached hydrogens (tertiary/aromatic N) is 2. The number of ether oxygens (including phenoxy) is 1. The maximum Gasteiger partial charge on any atom is 0.261 e. The Morgan fingerprint density at radius 1 is 1.14 bits per heavy atom. The summed E-state index contributed by atoms with van der Waals surface area (Å²) in [7, 11) is 0. The van der Waals surface area contributed by atoms with E-state index >= 15 is 0 Å². The van der Waals surface area contributed by atoms with E-state index in [2.05, 4.69) is 4.98 Å². The van der Waals surface area contributed by atoms with Crippen LogP contribution in [0.25, 0.3) is 10.9 Å². The fourth-order valence-electron chi connectivity index (χ4n) is 2.33. The summed E-state index contributed by atoms with van der Waals surface area (Å²) in [5.41, 5.74) is 0.617. The summed E-state index contributed by atoms with van der Waals surface area (Å²) in [4.78, 5) is 16.9. The molecule has 4 nitrogen and oxygen atoms in total. The molecule has 22 heavy (non-hydrogen) atoms. The lowest BCUT2D eigenvalue weighted by Crippen LogP contribution is -2.26. The van der Waals surface area contributed by atoms with Crippen molar-refractivity contribution in [3.05, 3.63) is 70.5 Å². The summed E-state index contributed by atoms with van der Waals surface area (Å²) in [6.07, 6.45) is 0. The molecule has 1 aromatic heterocycles. The Morgan fingerprint density at radius 2 is 1.86 bits per heavy atom. The van der Waals surface area contributed by atoms with Crippen LogP contribution >= 0.6 is 0 Å². The predicted octanol–water partition coefficient (Wildman–Crippen LogP) is 2.92. The number of aryl methyl sites for hydroxylation is 1. The first-order chi connectivity index (χ1) is 10.6. The quantitative estimate of drug-likeness (QED) is 0.744. The molecule has 0 bridgehead atoms. The Kier molecular flexibility index (Phi) is 3.87. The Bertz CT molecular complexity index is 857. The van der Waals surface area contributed by atoms with Gasteiger partial charge in [-0.25, -0.2) is 9.37 Å². The molecule has 1 heterocycles. The van der Waals surface area contributed by atoms with Gasteiger partial charge in [-0.05, 0) is 43.3 Å². The van der Waals surface area contributed by atoms with Crippen molar-refractivity contribution in [3.8, 4) is 5.75 Å². The molecule has 0 aliphatic heterocycles. The molecule has 0 atom stereocenters. The highest BCUT2D eigenvalue weighted by Gasteiger charge is 2.07. The largest absolute Gasteiger partial charge is 0.492 e. The number of rotatable bonds is 4. The third kappa shape index (κ3) is 2.83. The van der Waals surface area contributed by atoms with E-state index in [1.807, 2.05) is 18.2 Å². The van der Waals surface area contributed by atoms with Crippen molar-refractivity contribution in [3.63, 3.8) is 0 Å². The summed E-state index contributed by atoms with van der Waals surface area (Å²) in [6, 6.07) is 13.1. The number of halogens is 1. The predicted molar refractivity (Wildman–Crippen MR) is 82.6 cm³/mol. The van der Waals surface area contributed by atoms with Crippen molar-refractivity contribution < 1.29 is 9.13 Å². The van der Waals surface area contributed by atoms with E-state index in [1.54, 1.807) is 29.7 Å². The second-order valence-electron chi connectivity index (χ2n) is 4.94. The van der Waals surface area contributed by atoms with E-state index in [4.69, 9.17) is 4.74 Å². The van der Waals surface area contributed by atoms with Gasteiger partial charge in [-0.1, -0.05) is 12.1 Å². The lowest BCUT2D eigenvalue weighted by molar-refractivity contribution is 0.294. The topological polar surface area (TPSA) is 44.1 Å². The average Bonchev–Trinajstić information content (AvgIpc) is 2.52. The lowest BCUT2D eigenvalue weighted by Gasteiger charge is -2.11. The molecule has 0 spiro atoms. The second-order valence-corrected chi connectivity index (χ2v) is 4.94. The van der Waals surface area contributed by atoms with Crippen molar-refractivity contribution in [1.29, 1.82) is 0 Å². The second kappa shape index (κ2) is 5.97. The van der Waals surface area contributed by atoms with Gasteiger partial charge in [0.15, 0.2) is 0 Å². The summed E-state index contributed by atoms with van der Waals surface area (Å²) in [5.74, 6) is 0.908. The molecule has 0 amide bonds. The highest BCUT2D eigenvalue weighted by atomic mass is 19.1. The minimum Gasteiger partial charge on any atom is -0.492 e. The first-order valence-electron chi connectivity index (χ1n) is 7.00. The van der Waals surface area contributed by atoms with Crippen molar-refractivity contribution in [2.24, 2.45) is 0 Å². The summed E-state index contributed by atoms with van der Waals surface area (Å²) in [6.45, 7) is 2.50. The Labute approximate surface area is 126 Å². The molecule has 0 aliphatic rings. The van der Waals surface area contributed by atoms with Gasteiger partial charge in [-0.2, -0.15) is 0 Å². The molecule has 0 saturated carbocycles. The van der Waals surface area contributed by atoms with Crippen LogP contribution < -0.4 is 10.3 Å². The zero-order valence-electron chi connectivity index (χ0n) is 12.1. The van der Waals surface area contributed by atoms with Crippen LogP contribution in [-0.2, 0) is 6.54 Å². The first kappa shape index (κ1) is 14.3.